The van der Waals surface area contributed by atoms with Gasteiger partial charge in [-0.25, -0.2) is 0 Å². The van der Waals surface area contributed by atoms with E-state index >= 15 is 0 Å². The molecule has 144 valence electrons. The lowest BCUT2D eigenvalue weighted by atomic mass is 10.1. The molecule has 1 fully saturated rings. The maximum atomic E-state index is 13.2. The van der Waals surface area contributed by atoms with Crippen molar-refractivity contribution in [3.05, 3.63) is 69.1 Å². The van der Waals surface area contributed by atoms with E-state index in [1.54, 1.807) is 23.5 Å². The van der Waals surface area contributed by atoms with Gasteiger partial charge in [0.25, 0.3) is 5.91 Å². The molecule has 1 amide bonds. The molecule has 0 bridgehead atoms. The van der Waals surface area contributed by atoms with Crippen LogP contribution in [-0.4, -0.2) is 35.4 Å². The topological polar surface area (TPSA) is 84.3 Å². The summed E-state index contributed by atoms with van der Waals surface area (Å²) in [4.78, 5) is 21.8. The van der Waals surface area contributed by atoms with Gasteiger partial charge in [0, 0.05) is 28.8 Å². The number of para-hydroxylation sites is 1. The predicted molar refractivity (Wildman–Crippen MR) is 114 cm³/mol. The number of hydrogen-bond donors (Lipinski definition) is 1. The number of rotatable bonds is 5. The van der Waals surface area contributed by atoms with Crippen molar-refractivity contribution in [2.24, 2.45) is 5.11 Å². The van der Waals surface area contributed by atoms with Crippen LogP contribution in [0.15, 0.2) is 68.6 Å². The Bertz CT molecular complexity index is 921. The number of hydrogen-bond acceptors (Lipinski definition) is 6. The number of likely N-dealkylation sites (N-methyl/N-ethyl adjacent to an activating group) is 1. The van der Waals surface area contributed by atoms with E-state index in [0.29, 0.717) is 6.54 Å². The molecule has 7 nitrogen and oxygen atoms in total. The van der Waals surface area contributed by atoms with Gasteiger partial charge in [-0.15, -0.1) is 0 Å². The van der Waals surface area contributed by atoms with Crippen LogP contribution in [0.25, 0.3) is 10.4 Å². The Hall–Kier alpha value is -2.48. The third-order valence-electron chi connectivity index (χ3n) is 4.78. The fraction of sp³-hybridized carbons (Fsp3) is 0.316. The fourth-order valence-electron chi connectivity index (χ4n) is 3.46. The van der Waals surface area contributed by atoms with Gasteiger partial charge >= 0.3 is 0 Å². The van der Waals surface area contributed by atoms with Crippen LogP contribution in [-0.2, 0) is 4.79 Å². The maximum absolute atomic E-state index is 13.2. The summed E-state index contributed by atoms with van der Waals surface area (Å²) in [6, 6.07) is 8.16. The van der Waals surface area contributed by atoms with Crippen LogP contribution < -0.4 is 10.2 Å². The highest BCUT2D eigenvalue weighted by Gasteiger charge is 2.41. The summed E-state index contributed by atoms with van der Waals surface area (Å²) in [5, 5.41) is 8.01. The number of nitrogens with zero attached hydrogens (tertiary/aromatic N) is 5. The molecular formula is C19H20N6OS2. The van der Waals surface area contributed by atoms with Crippen LogP contribution in [0.5, 0.6) is 0 Å². The molecule has 1 N–H and O–H groups in total. The highest BCUT2D eigenvalue weighted by molar-refractivity contribution is 8.08. The van der Waals surface area contributed by atoms with Crippen LogP contribution in [0.4, 0.5) is 5.69 Å². The predicted octanol–water partition coefficient (Wildman–Crippen LogP) is 4.39. The van der Waals surface area contributed by atoms with Crippen molar-refractivity contribution in [3.8, 4) is 0 Å². The van der Waals surface area contributed by atoms with E-state index in [-0.39, 0.29) is 24.0 Å². The zero-order valence-electron chi connectivity index (χ0n) is 15.4. The van der Waals surface area contributed by atoms with E-state index in [4.69, 9.17) is 5.53 Å². The van der Waals surface area contributed by atoms with E-state index in [1.165, 1.54) is 0 Å². The van der Waals surface area contributed by atoms with Crippen molar-refractivity contribution in [1.82, 2.24) is 10.2 Å². The molecule has 3 heterocycles. The first-order valence-electron chi connectivity index (χ1n) is 9.09. The van der Waals surface area contributed by atoms with Crippen molar-refractivity contribution in [2.45, 2.75) is 29.7 Å². The van der Waals surface area contributed by atoms with Gasteiger partial charge in [-0.3, -0.25) is 4.79 Å². The number of allylic oxidation sites excluding steroid dienone is 2. The zero-order chi connectivity index (χ0) is 19.5. The Kier molecular flexibility index (Phi) is 5.57. The van der Waals surface area contributed by atoms with Gasteiger partial charge < -0.3 is 15.1 Å². The third-order valence-corrected chi connectivity index (χ3v) is 7.42. The van der Waals surface area contributed by atoms with E-state index in [1.807, 2.05) is 59.3 Å². The molecule has 3 aliphatic heterocycles. The molecule has 28 heavy (non-hydrogen) atoms. The Labute approximate surface area is 172 Å². The minimum Gasteiger partial charge on any atom is -0.385 e. The smallest absolute Gasteiger partial charge is 0.263 e. The van der Waals surface area contributed by atoms with E-state index in [0.717, 1.165) is 26.9 Å². The van der Waals surface area contributed by atoms with Crippen LogP contribution in [0, 0.1) is 0 Å². The number of carbonyl (C=O) groups is 1. The van der Waals surface area contributed by atoms with Crippen LogP contribution in [0.3, 0.4) is 0 Å². The minimum atomic E-state index is 0.0501. The molecule has 0 aliphatic carbocycles. The van der Waals surface area contributed by atoms with Gasteiger partial charge in [0.2, 0.25) is 0 Å². The van der Waals surface area contributed by atoms with E-state index in [2.05, 4.69) is 21.4 Å². The van der Waals surface area contributed by atoms with Crippen LogP contribution in [0.1, 0.15) is 13.3 Å². The van der Waals surface area contributed by atoms with Gasteiger partial charge in [0.1, 0.15) is 11.6 Å². The number of azide groups is 1. The second-order valence-electron chi connectivity index (χ2n) is 6.42. The Morgan fingerprint density at radius 1 is 1.32 bits per heavy atom. The van der Waals surface area contributed by atoms with Gasteiger partial charge in [-0.05, 0) is 36.9 Å². The second-order valence-corrected chi connectivity index (χ2v) is 8.64. The molecule has 1 saturated heterocycles. The number of carbonyl (C=O) groups excluding carboxylic acids is 1. The Balaban J connectivity index is 1.65. The zero-order valence-corrected chi connectivity index (χ0v) is 17.0. The van der Waals surface area contributed by atoms with Gasteiger partial charge in [0.05, 0.1) is 16.1 Å². The maximum Gasteiger partial charge on any atom is 0.263 e. The van der Waals surface area contributed by atoms with Crippen LogP contribution >= 0.6 is 23.5 Å². The SMILES string of the molecule is CCN1C(=O)/C(=C2\Sc3ccccc3N2CN=[N+]=[N-])SC1CC1C=CC=CN1. The average Bonchev–Trinajstić information content (AvgIpc) is 3.24. The molecule has 0 aromatic heterocycles. The highest BCUT2D eigenvalue weighted by Crippen LogP contribution is 2.51. The molecule has 0 saturated carbocycles. The van der Waals surface area contributed by atoms with Crippen molar-refractivity contribution in [1.29, 1.82) is 0 Å². The number of anilines is 1. The van der Waals surface area contributed by atoms with E-state index < -0.39 is 0 Å². The molecule has 3 aliphatic rings. The van der Waals surface area contributed by atoms with Crippen molar-refractivity contribution < 1.29 is 4.79 Å². The summed E-state index contributed by atoms with van der Waals surface area (Å²) < 4.78 is 0. The van der Waals surface area contributed by atoms with Crippen molar-refractivity contribution in [3.63, 3.8) is 0 Å². The molecule has 2 unspecified atom stereocenters. The summed E-state index contributed by atoms with van der Waals surface area (Å²) in [6.07, 6.45) is 8.89. The van der Waals surface area contributed by atoms with Crippen molar-refractivity contribution >= 4 is 35.1 Å². The van der Waals surface area contributed by atoms with Gasteiger partial charge in [0.15, 0.2) is 0 Å². The quantitative estimate of drug-likeness (QED) is 0.336. The lowest BCUT2D eigenvalue weighted by molar-refractivity contribution is -0.126. The molecule has 9 heteroatoms. The standard InChI is InChI=1S/C19H20N6OS2/c1-2-24-16(11-13-7-5-6-10-21-13)28-17(18(24)26)19-25(12-22-23-20)14-8-3-4-9-15(14)27-19/h3-10,13,16,21H,2,11-12H2,1H3/b19-17+. The monoisotopic (exact) mass is 412 g/mol. The lowest BCUT2D eigenvalue weighted by Crippen LogP contribution is -2.37. The Morgan fingerprint density at radius 3 is 2.93 bits per heavy atom. The molecule has 1 aromatic carbocycles. The number of amides is 1. The molecule has 0 spiro atoms. The number of thioether (sulfide) groups is 2. The molecule has 1 aromatic rings. The molecule has 4 rings (SSSR count). The molecule has 0 radical (unpaired) electrons. The summed E-state index contributed by atoms with van der Waals surface area (Å²) in [5.41, 5.74) is 9.77. The second kappa shape index (κ2) is 8.26. The third kappa shape index (κ3) is 3.48. The number of fused-ring (bicyclic) bond motifs is 1. The van der Waals surface area contributed by atoms with Gasteiger partial charge in [-0.1, -0.05) is 52.9 Å². The minimum absolute atomic E-state index is 0.0501. The average molecular weight is 413 g/mol. The largest absolute Gasteiger partial charge is 0.385 e. The summed E-state index contributed by atoms with van der Waals surface area (Å²) in [7, 11) is 0. The van der Waals surface area contributed by atoms with Crippen molar-refractivity contribution in [2.75, 3.05) is 18.1 Å². The molecular weight excluding hydrogens is 392 g/mol. The van der Waals surface area contributed by atoms with Crippen LogP contribution in [0.2, 0.25) is 0 Å². The first kappa shape index (κ1) is 18.9. The van der Waals surface area contributed by atoms with E-state index in [9.17, 15) is 4.79 Å². The number of dihydropyridines is 1. The first-order valence-corrected chi connectivity index (χ1v) is 10.8. The summed E-state index contributed by atoms with van der Waals surface area (Å²) >= 11 is 3.18. The number of benzene rings is 1. The lowest BCUT2D eigenvalue weighted by Gasteiger charge is -2.25. The fourth-order valence-corrected chi connectivity index (χ4v) is 6.19. The highest BCUT2D eigenvalue weighted by atomic mass is 32.2. The summed E-state index contributed by atoms with van der Waals surface area (Å²) in [6.45, 7) is 2.84. The normalized spacial score (nSPS) is 25.7. The molecule has 2 atom stereocenters. The Morgan fingerprint density at radius 2 is 2.18 bits per heavy atom. The van der Waals surface area contributed by atoms with Gasteiger partial charge in [-0.2, -0.15) is 0 Å². The first-order chi connectivity index (χ1) is 13.7. The summed E-state index contributed by atoms with van der Waals surface area (Å²) in [5.74, 6) is 0.0501. The number of nitrogens with one attached hydrogen (secondary N) is 1.